The minimum atomic E-state index is -0.155. The van der Waals surface area contributed by atoms with Crippen LogP contribution in [0.5, 0.6) is 5.75 Å². The average Bonchev–Trinajstić information content (AvgIpc) is 2.99. The summed E-state index contributed by atoms with van der Waals surface area (Å²) in [5, 5.41) is 2.87. The fourth-order valence-electron chi connectivity index (χ4n) is 2.01. The van der Waals surface area contributed by atoms with E-state index in [1.165, 1.54) is 0 Å². The van der Waals surface area contributed by atoms with Gasteiger partial charge in [0, 0.05) is 37.2 Å². The van der Waals surface area contributed by atoms with Gasteiger partial charge in [0.1, 0.15) is 5.75 Å². The number of ether oxygens (including phenoxy) is 1. The molecule has 0 aliphatic rings. The number of anilines is 1. The smallest absolute Gasteiger partial charge is 0.253 e. The number of nitrogens with one attached hydrogen (secondary N) is 1. The molecule has 0 spiro atoms. The Morgan fingerprint density at radius 1 is 1.43 bits per heavy atom. The Hall–Kier alpha value is -2.50. The number of imidazole rings is 1. The second-order valence-corrected chi connectivity index (χ2v) is 4.72. The molecule has 21 heavy (non-hydrogen) atoms. The molecule has 1 aromatic heterocycles. The second kappa shape index (κ2) is 7.33. The third-order valence-corrected chi connectivity index (χ3v) is 3.19. The van der Waals surface area contributed by atoms with Gasteiger partial charge in [-0.15, -0.1) is 0 Å². The number of methoxy groups -OCH3 is 1. The first-order valence-corrected chi connectivity index (χ1v) is 6.88. The van der Waals surface area contributed by atoms with Crippen molar-refractivity contribution in [2.24, 2.45) is 0 Å². The molecule has 112 valence electrons. The first-order chi connectivity index (χ1) is 10.2. The number of carbonyl (C=O) groups is 1. The maximum atomic E-state index is 12.0. The summed E-state index contributed by atoms with van der Waals surface area (Å²) >= 11 is 0. The quantitative estimate of drug-likeness (QED) is 0.600. The molecule has 0 aliphatic carbocycles. The zero-order valence-corrected chi connectivity index (χ0v) is 12.1. The van der Waals surface area contributed by atoms with Crippen molar-refractivity contribution in [2.75, 3.05) is 19.4 Å². The van der Waals surface area contributed by atoms with E-state index in [2.05, 4.69) is 10.3 Å². The summed E-state index contributed by atoms with van der Waals surface area (Å²) in [5.74, 6) is 0.488. The number of benzene rings is 1. The maximum absolute atomic E-state index is 12.0. The minimum absolute atomic E-state index is 0.155. The van der Waals surface area contributed by atoms with Crippen LogP contribution in [0.15, 0.2) is 36.9 Å². The molecule has 6 heteroatoms. The van der Waals surface area contributed by atoms with Crippen molar-refractivity contribution in [3.63, 3.8) is 0 Å². The molecule has 3 N–H and O–H groups in total. The highest BCUT2D eigenvalue weighted by Gasteiger charge is 2.09. The summed E-state index contributed by atoms with van der Waals surface area (Å²) in [6.45, 7) is 1.53. The lowest BCUT2D eigenvalue weighted by molar-refractivity contribution is 0.0953. The number of aromatic nitrogens is 2. The molecule has 0 fully saturated rings. The van der Waals surface area contributed by atoms with Crippen molar-refractivity contribution in [3.05, 3.63) is 42.5 Å². The number of rotatable bonds is 7. The molecule has 0 atom stereocenters. The largest absolute Gasteiger partial charge is 0.497 e. The van der Waals surface area contributed by atoms with Gasteiger partial charge >= 0.3 is 0 Å². The Morgan fingerprint density at radius 2 is 2.29 bits per heavy atom. The van der Waals surface area contributed by atoms with Gasteiger partial charge in [-0.05, 0) is 25.0 Å². The van der Waals surface area contributed by atoms with Gasteiger partial charge in [0.15, 0.2) is 0 Å². The molecular formula is C15H20N4O2. The lowest BCUT2D eigenvalue weighted by atomic mass is 10.1. The SMILES string of the molecule is COc1ccc(C(=O)NCCCCn2ccnc2)c(N)c1. The van der Waals surface area contributed by atoms with Crippen molar-refractivity contribution in [1.29, 1.82) is 0 Å². The van der Waals surface area contributed by atoms with Crippen molar-refractivity contribution < 1.29 is 9.53 Å². The van der Waals surface area contributed by atoms with Crippen LogP contribution < -0.4 is 15.8 Å². The number of aryl methyl sites for hydroxylation is 1. The van der Waals surface area contributed by atoms with E-state index < -0.39 is 0 Å². The lowest BCUT2D eigenvalue weighted by Crippen LogP contribution is -2.25. The molecule has 0 unspecified atom stereocenters. The predicted molar refractivity (Wildman–Crippen MR) is 81.2 cm³/mol. The van der Waals surface area contributed by atoms with Crippen LogP contribution in [0.3, 0.4) is 0 Å². The average molecular weight is 288 g/mol. The summed E-state index contributed by atoms with van der Waals surface area (Å²) in [6, 6.07) is 5.05. The van der Waals surface area contributed by atoms with Crippen LogP contribution in [0, 0.1) is 0 Å². The molecule has 1 aromatic carbocycles. The third kappa shape index (κ3) is 4.24. The molecule has 6 nitrogen and oxygen atoms in total. The van der Waals surface area contributed by atoms with Gasteiger partial charge in [0.25, 0.3) is 5.91 Å². The summed E-state index contributed by atoms with van der Waals surface area (Å²) in [7, 11) is 1.56. The Balaban J connectivity index is 1.74. The van der Waals surface area contributed by atoms with E-state index >= 15 is 0 Å². The molecule has 2 rings (SSSR count). The first kappa shape index (κ1) is 14.9. The van der Waals surface area contributed by atoms with Gasteiger partial charge in [-0.3, -0.25) is 4.79 Å². The number of nitrogen functional groups attached to an aromatic ring is 1. The molecule has 2 aromatic rings. The van der Waals surface area contributed by atoms with Gasteiger partial charge in [0.05, 0.1) is 19.0 Å². The lowest BCUT2D eigenvalue weighted by Gasteiger charge is -2.09. The van der Waals surface area contributed by atoms with Gasteiger partial charge in [0.2, 0.25) is 0 Å². The minimum Gasteiger partial charge on any atom is -0.497 e. The van der Waals surface area contributed by atoms with Crippen molar-refractivity contribution in [1.82, 2.24) is 14.9 Å². The van der Waals surface area contributed by atoms with Crippen LogP contribution in [0.2, 0.25) is 0 Å². The van der Waals surface area contributed by atoms with Gasteiger partial charge in [-0.25, -0.2) is 4.98 Å². The highest BCUT2D eigenvalue weighted by molar-refractivity contribution is 5.99. The van der Waals surface area contributed by atoms with E-state index in [1.807, 2.05) is 10.8 Å². The number of carbonyl (C=O) groups excluding carboxylic acids is 1. The van der Waals surface area contributed by atoms with Crippen LogP contribution in [-0.2, 0) is 6.54 Å². The summed E-state index contributed by atoms with van der Waals surface area (Å²) in [4.78, 5) is 16.0. The number of hydrogen-bond acceptors (Lipinski definition) is 4. The van der Waals surface area contributed by atoms with E-state index in [-0.39, 0.29) is 5.91 Å². The predicted octanol–water partition coefficient (Wildman–Crippen LogP) is 1.68. The number of unbranched alkanes of at least 4 members (excludes halogenated alkanes) is 1. The maximum Gasteiger partial charge on any atom is 0.253 e. The van der Waals surface area contributed by atoms with E-state index in [4.69, 9.17) is 10.5 Å². The molecule has 0 bridgehead atoms. The van der Waals surface area contributed by atoms with Gasteiger partial charge in [-0.1, -0.05) is 0 Å². The van der Waals surface area contributed by atoms with Gasteiger partial charge < -0.3 is 20.4 Å². The normalized spacial score (nSPS) is 10.3. The summed E-state index contributed by atoms with van der Waals surface area (Å²) in [6.07, 6.45) is 7.36. The van der Waals surface area contributed by atoms with Crippen LogP contribution >= 0.6 is 0 Å². The molecular weight excluding hydrogens is 268 g/mol. The van der Waals surface area contributed by atoms with Crippen molar-refractivity contribution in [3.8, 4) is 5.75 Å². The number of amides is 1. The first-order valence-electron chi connectivity index (χ1n) is 6.88. The zero-order chi connectivity index (χ0) is 15.1. The summed E-state index contributed by atoms with van der Waals surface area (Å²) < 4.78 is 7.08. The van der Waals surface area contributed by atoms with Crippen molar-refractivity contribution in [2.45, 2.75) is 19.4 Å². The molecule has 0 saturated heterocycles. The van der Waals surface area contributed by atoms with E-state index in [9.17, 15) is 4.79 Å². The van der Waals surface area contributed by atoms with E-state index in [0.717, 1.165) is 19.4 Å². The Labute approximate surface area is 123 Å². The standard InChI is InChI=1S/C15H20N4O2/c1-21-12-4-5-13(14(16)10-12)15(20)18-6-2-3-8-19-9-7-17-11-19/h4-5,7,9-11H,2-3,6,8,16H2,1H3,(H,18,20). The Bertz CT molecular complexity index is 581. The molecule has 1 amide bonds. The third-order valence-electron chi connectivity index (χ3n) is 3.19. The zero-order valence-electron chi connectivity index (χ0n) is 12.1. The fraction of sp³-hybridized carbons (Fsp3) is 0.333. The van der Waals surface area contributed by atoms with Crippen molar-refractivity contribution >= 4 is 11.6 Å². The van der Waals surface area contributed by atoms with Crippen LogP contribution in [0.25, 0.3) is 0 Å². The van der Waals surface area contributed by atoms with Gasteiger partial charge in [-0.2, -0.15) is 0 Å². The molecule has 0 saturated carbocycles. The summed E-state index contributed by atoms with van der Waals surface area (Å²) in [5.41, 5.74) is 6.74. The molecule has 0 radical (unpaired) electrons. The van der Waals surface area contributed by atoms with E-state index in [0.29, 0.717) is 23.5 Å². The number of hydrogen-bond donors (Lipinski definition) is 2. The molecule has 1 heterocycles. The Morgan fingerprint density at radius 3 is 2.95 bits per heavy atom. The van der Waals surface area contributed by atoms with E-state index in [1.54, 1.807) is 37.8 Å². The van der Waals surface area contributed by atoms with Crippen LogP contribution in [0.1, 0.15) is 23.2 Å². The number of nitrogens with zero attached hydrogens (tertiary/aromatic N) is 2. The topological polar surface area (TPSA) is 82.2 Å². The fourth-order valence-corrected chi connectivity index (χ4v) is 2.01. The molecule has 0 aliphatic heterocycles. The number of nitrogens with two attached hydrogens (primary N) is 1. The highest BCUT2D eigenvalue weighted by atomic mass is 16.5. The highest BCUT2D eigenvalue weighted by Crippen LogP contribution is 2.19. The second-order valence-electron chi connectivity index (χ2n) is 4.72. The van der Waals surface area contributed by atoms with Crippen LogP contribution in [0.4, 0.5) is 5.69 Å². The Kier molecular flexibility index (Phi) is 5.20. The monoisotopic (exact) mass is 288 g/mol. The van der Waals surface area contributed by atoms with Crippen LogP contribution in [-0.4, -0.2) is 29.1 Å².